The fraction of sp³-hybridized carbons (Fsp3) is 0.381. The maximum atomic E-state index is 12.7. The molecule has 7 nitrogen and oxygen atoms in total. The number of benzene rings is 1. The van der Waals surface area contributed by atoms with Gasteiger partial charge in [0.1, 0.15) is 0 Å². The number of aliphatic carboxylic acids is 1. The minimum absolute atomic E-state index is 0.0302. The molecule has 1 heterocycles. The molecule has 0 aliphatic rings. The molecule has 0 saturated heterocycles. The molecule has 2 unspecified atom stereocenters. The van der Waals surface area contributed by atoms with E-state index in [0.717, 1.165) is 23.2 Å². The lowest BCUT2D eigenvalue weighted by Gasteiger charge is -2.21. The summed E-state index contributed by atoms with van der Waals surface area (Å²) in [7, 11) is 0. The summed E-state index contributed by atoms with van der Waals surface area (Å²) >= 11 is 1.47. The summed E-state index contributed by atoms with van der Waals surface area (Å²) < 4.78 is 3.26. The number of hydrogen-bond acceptors (Lipinski definition) is 6. The molecule has 0 aliphatic carbocycles. The number of nitrogens with one attached hydrogen (secondary N) is 2. The van der Waals surface area contributed by atoms with Gasteiger partial charge in [-0.2, -0.15) is 0 Å². The van der Waals surface area contributed by atoms with Gasteiger partial charge in [0.15, 0.2) is 0 Å². The molecule has 0 fully saturated rings. The van der Waals surface area contributed by atoms with Crippen LogP contribution >= 0.6 is 11.9 Å². The van der Waals surface area contributed by atoms with Crippen molar-refractivity contribution in [2.45, 2.75) is 50.4 Å². The minimum atomic E-state index is -0.863. The molecule has 5 N–H and O–H groups in total. The first-order valence-corrected chi connectivity index (χ1v) is 10.6. The molecule has 2 aromatic rings. The zero-order valence-corrected chi connectivity index (χ0v) is 17.3. The summed E-state index contributed by atoms with van der Waals surface area (Å²) in [5.41, 5.74) is 8.65. The number of rotatable bonds is 12. The van der Waals surface area contributed by atoms with Gasteiger partial charge in [0, 0.05) is 36.3 Å². The Hall–Kier alpha value is -2.58. The number of aromatic nitrogens is 1. The number of hydrogen-bond donors (Lipinski definition) is 4. The summed E-state index contributed by atoms with van der Waals surface area (Å²) in [5.74, 6) is -0.285. The highest BCUT2D eigenvalue weighted by Crippen LogP contribution is 2.14. The molecule has 0 saturated carbocycles. The fourth-order valence-electron chi connectivity index (χ4n) is 2.70. The van der Waals surface area contributed by atoms with Gasteiger partial charge in [-0.25, -0.2) is 0 Å². The molecule has 156 valence electrons. The lowest BCUT2D eigenvalue weighted by Crippen LogP contribution is -2.45. The Morgan fingerprint density at radius 2 is 1.79 bits per heavy atom. The second kappa shape index (κ2) is 12.1. The molecule has 0 aliphatic heterocycles. The Kier molecular flexibility index (Phi) is 9.46. The molecule has 2 atom stereocenters. The summed E-state index contributed by atoms with van der Waals surface area (Å²) in [4.78, 5) is 27.5. The molecule has 0 bridgehead atoms. The minimum Gasteiger partial charge on any atom is -0.481 e. The largest absolute Gasteiger partial charge is 0.481 e. The Morgan fingerprint density at radius 1 is 1.10 bits per heavy atom. The standard InChI is InChI=1S/C21H28N4O3S/c1-15(2-9-20(26)27)24-21(28)19(8-5-16-10-12-23-13-11-16)25-29-14-17-3-6-18(22)7-4-17/h3-4,6-7,10-13,15,19,25H,2,5,8-9,14,22H2,1H3,(H,24,28)(H,26,27). The summed E-state index contributed by atoms with van der Waals surface area (Å²) in [6.07, 6.45) is 5.26. The van der Waals surface area contributed by atoms with Crippen molar-refractivity contribution >= 4 is 29.5 Å². The Morgan fingerprint density at radius 3 is 2.45 bits per heavy atom. The van der Waals surface area contributed by atoms with Crippen LogP contribution in [0.5, 0.6) is 0 Å². The monoisotopic (exact) mass is 416 g/mol. The average Bonchev–Trinajstić information content (AvgIpc) is 2.71. The second-order valence-corrected chi connectivity index (χ2v) is 7.75. The van der Waals surface area contributed by atoms with Crippen LogP contribution in [0.15, 0.2) is 48.8 Å². The molecule has 1 amide bonds. The molecule has 0 spiro atoms. The van der Waals surface area contributed by atoms with Crippen molar-refractivity contribution in [1.82, 2.24) is 15.0 Å². The van der Waals surface area contributed by atoms with E-state index < -0.39 is 12.0 Å². The topological polar surface area (TPSA) is 117 Å². The molecule has 0 radical (unpaired) electrons. The number of pyridine rings is 1. The third-order valence-corrected chi connectivity index (χ3v) is 5.34. The summed E-state index contributed by atoms with van der Waals surface area (Å²) in [5, 5.41) is 11.7. The number of carbonyl (C=O) groups excluding carboxylic acids is 1. The number of carboxylic acids is 1. The van der Waals surface area contributed by atoms with Gasteiger partial charge in [-0.1, -0.05) is 24.1 Å². The lowest BCUT2D eigenvalue weighted by molar-refractivity contribution is -0.137. The van der Waals surface area contributed by atoms with E-state index in [1.165, 1.54) is 11.9 Å². The number of nitrogens with zero attached hydrogens (tertiary/aromatic N) is 1. The first-order chi connectivity index (χ1) is 13.9. The van der Waals surface area contributed by atoms with Crippen molar-refractivity contribution in [3.05, 3.63) is 59.9 Å². The van der Waals surface area contributed by atoms with Gasteiger partial charge in [0.05, 0.1) is 6.04 Å². The zero-order chi connectivity index (χ0) is 21.1. The van der Waals surface area contributed by atoms with Crippen molar-refractivity contribution in [1.29, 1.82) is 0 Å². The summed E-state index contributed by atoms with van der Waals surface area (Å²) in [6, 6.07) is 10.9. The van der Waals surface area contributed by atoms with E-state index >= 15 is 0 Å². The van der Waals surface area contributed by atoms with Crippen LogP contribution in [0.1, 0.15) is 37.3 Å². The maximum Gasteiger partial charge on any atom is 0.303 e. The maximum absolute atomic E-state index is 12.7. The molecule has 29 heavy (non-hydrogen) atoms. The van der Waals surface area contributed by atoms with E-state index in [-0.39, 0.29) is 18.4 Å². The Balaban J connectivity index is 1.90. The van der Waals surface area contributed by atoms with Crippen molar-refractivity contribution < 1.29 is 14.7 Å². The highest BCUT2D eigenvalue weighted by atomic mass is 32.2. The van der Waals surface area contributed by atoms with Gasteiger partial charge in [-0.05, 0) is 61.6 Å². The van der Waals surface area contributed by atoms with Gasteiger partial charge in [0.2, 0.25) is 5.91 Å². The first-order valence-electron chi connectivity index (χ1n) is 9.57. The zero-order valence-electron chi connectivity index (χ0n) is 16.5. The predicted octanol–water partition coefficient (Wildman–Crippen LogP) is 2.77. The fourth-order valence-corrected chi connectivity index (χ4v) is 3.57. The number of carbonyl (C=O) groups is 2. The molecule has 1 aromatic carbocycles. The van der Waals surface area contributed by atoms with Gasteiger partial charge in [-0.3, -0.25) is 19.3 Å². The predicted molar refractivity (Wildman–Crippen MR) is 116 cm³/mol. The number of nitrogens with two attached hydrogens (primary N) is 1. The normalized spacial score (nSPS) is 12.9. The van der Waals surface area contributed by atoms with E-state index in [1.54, 1.807) is 12.4 Å². The molecule has 8 heteroatoms. The van der Waals surface area contributed by atoms with Crippen molar-refractivity contribution in [3.63, 3.8) is 0 Å². The number of amides is 1. The van der Waals surface area contributed by atoms with Crippen LogP contribution in [0.3, 0.4) is 0 Å². The molecule has 2 rings (SSSR count). The number of anilines is 1. The van der Waals surface area contributed by atoms with Crippen molar-refractivity contribution in [3.8, 4) is 0 Å². The Bertz CT molecular complexity index is 771. The van der Waals surface area contributed by atoms with Crippen LogP contribution in [0.2, 0.25) is 0 Å². The van der Waals surface area contributed by atoms with E-state index in [0.29, 0.717) is 18.6 Å². The van der Waals surface area contributed by atoms with E-state index in [2.05, 4.69) is 15.0 Å². The first kappa shape index (κ1) is 22.7. The average molecular weight is 417 g/mol. The SMILES string of the molecule is CC(CCC(=O)O)NC(=O)C(CCc1ccncc1)NSCc1ccc(N)cc1. The van der Waals surface area contributed by atoms with Crippen LogP contribution in [0.25, 0.3) is 0 Å². The summed E-state index contributed by atoms with van der Waals surface area (Å²) in [6.45, 7) is 1.82. The van der Waals surface area contributed by atoms with Crippen LogP contribution in [0.4, 0.5) is 5.69 Å². The van der Waals surface area contributed by atoms with Gasteiger partial charge in [-0.15, -0.1) is 0 Å². The van der Waals surface area contributed by atoms with Gasteiger partial charge < -0.3 is 16.2 Å². The Labute approximate surface area is 175 Å². The second-order valence-electron chi connectivity index (χ2n) is 6.94. The number of nitrogen functional groups attached to an aromatic ring is 1. The van der Waals surface area contributed by atoms with Gasteiger partial charge in [0.25, 0.3) is 0 Å². The van der Waals surface area contributed by atoms with Crippen LogP contribution in [0, 0.1) is 0 Å². The van der Waals surface area contributed by atoms with Crippen molar-refractivity contribution in [2.24, 2.45) is 0 Å². The highest BCUT2D eigenvalue weighted by molar-refractivity contribution is 7.96. The van der Waals surface area contributed by atoms with Crippen LogP contribution in [-0.2, 0) is 21.8 Å². The lowest BCUT2D eigenvalue weighted by atomic mass is 10.1. The highest BCUT2D eigenvalue weighted by Gasteiger charge is 2.20. The van der Waals surface area contributed by atoms with Crippen LogP contribution < -0.4 is 15.8 Å². The number of aryl methyl sites for hydroxylation is 1. The quantitative estimate of drug-likeness (QED) is 0.310. The van der Waals surface area contributed by atoms with Gasteiger partial charge >= 0.3 is 5.97 Å². The van der Waals surface area contributed by atoms with E-state index in [9.17, 15) is 9.59 Å². The smallest absolute Gasteiger partial charge is 0.303 e. The molecular formula is C21H28N4O3S. The third-order valence-electron chi connectivity index (χ3n) is 4.41. The number of carboxylic acid groups (broad SMARTS) is 1. The van der Waals surface area contributed by atoms with Crippen molar-refractivity contribution in [2.75, 3.05) is 5.73 Å². The molecule has 1 aromatic heterocycles. The molecular weight excluding hydrogens is 388 g/mol. The van der Waals surface area contributed by atoms with E-state index in [1.807, 2.05) is 43.3 Å². The third kappa shape index (κ3) is 8.97. The van der Waals surface area contributed by atoms with Crippen LogP contribution in [-0.4, -0.2) is 34.1 Å². The van der Waals surface area contributed by atoms with E-state index in [4.69, 9.17) is 10.8 Å².